The van der Waals surface area contributed by atoms with E-state index in [-0.39, 0.29) is 28.5 Å². The van der Waals surface area contributed by atoms with Gasteiger partial charge in [-0.3, -0.25) is 19.9 Å². The molecule has 5 aromatic carbocycles. The minimum absolute atomic E-state index is 0.0161. The minimum Gasteiger partial charge on any atom is -0.506 e. The molecule has 13 rings (SSSR count). The van der Waals surface area contributed by atoms with Crippen LogP contribution in [0.3, 0.4) is 0 Å². The summed E-state index contributed by atoms with van der Waals surface area (Å²) in [4.78, 5) is 20.5. The van der Waals surface area contributed by atoms with Crippen LogP contribution in [-0.4, -0.2) is 52.3 Å². The molecule has 0 amide bonds. The molecular weight excluding hydrogens is 1050 g/mol. The Bertz CT molecular complexity index is 3620. The van der Waals surface area contributed by atoms with Gasteiger partial charge in [0.1, 0.15) is 66.7 Å². The third-order valence-electron chi connectivity index (χ3n) is 10.3. The highest BCUT2D eigenvalue weighted by Gasteiger charge is 2.14. The Morgan fingerprint density at radius 2 is 0.833 bits per heavy atom. The lowest BCUT2D eigenvalue weighted by atomic mass is 9.80. The molecule has 4 N–H and O–H groups in total. The zero-order chi connectivity index (χ0) is 50.4. The molecule has 0 aliphatic carbocycles. The molecule has 8 heterocycles. The summed E-state index contributed by atoms with van der Waals surface area (Å²) in [7, 11) is -1.72. The van der Waals surface area contributed by atoms with E-state index >= 15 is 0 Å². The number of pyridine rings is 5. The van der Waals surface area contributed by atoms with Crippen molar-refractivity contribution in [1.29, 1.82) is 0 Å². The Balaban J connectivity index is 0.000000117. The summed E-state index contributed by atoms with van der Waals surface area (Å²) in [6.45, 7) is 0. The van der Waals surface area contributed by atoms with Gasteiger partial charge in [0.25, 0.3) is 0 Å². The molecule has 72 heavy (non-hydrogen) atoms. The van der Waals surface area contributed by atoms with Gasteiger partial charge in [-0.15, -0.1) is 0 Å². The highest BCUT2D eigenvalue weighted by molar-refractivity contribution is 9.10. The maximum Gasteiger partial charge on any atom is 0.491 e. The normalized spacial score (nSPS) is 10.5. The first-order valence-corrected chi connectivity index (χ1v) is 23.3. The lowest BCUT2D eigenvalue weighted by Crippen LogP contribution is -2.32. The van der Waals surface area contributed by atoms with Crippen molar-refractivity contribution in [3.8, 4) is 22.8 Å². The maximum atomic E-state index is 13.3. The quantitative estimate of drug-likeness (QED) is 0.0950. The van der Waals surface area contributed by atoms with Crippen LogP contribution in [-0.2, 0) is 0 Å². The van der Waals surface area contributed by atoms with Crippen molar-refractivity contribution in [3.05, 3.63) is 228 Å². The van der Waals surface area contributed by atoms with Gasteiger partial charge in [-0.2, -0.15) is 0 Å². The Morgan fingerprint density at radius 3 is 1.32 bits per heavy atom. The number of hydrogen-bond donors (Lipinski definition) is 4. The molecule has 356 valence electrons. The van der Waals surface area contributed by atoms with Crippen LogP contribution >= 0.6 is 31.9 Å². The molecule has 8 aromatic heterocycles. The number of nitrogens with zero attached hydrogens (tertiary/aromatic N) is 5. The van der Waals surface area contributed by atoms with Crippen molar-refractivity contribution in [3.63, 3.8) is 0 Å². The van der Waals surface area contributed by atoms with Gasteiger partial charge in [0.05, 0.1) is 0 Å². The number of rotatable bonds is 2. The van der Waals surface area contributed by atoms with Crippen LogP contribution in [0.2, 0.25) is 0 Å². The largest absolute Gasteiger partial charge is 0.506 e. The van der Waals surface area contributed by atoms with Crippen molar-refractivity contribution < 1.29 is 42.3 Å². The van der Waals surface area contributed by atoms with E-state index in [1.807, 2.05) is 103 Å². The summed E-state index contributed by atoms with van der Waals surface area (Å²) < 4.78 is 44.2. The fourth-order valence-electron chi connectivity index (χ4n) is 6.98. The lowest BCUT2D eigenvalue weighted by molar-refractivity contribution is 0.423. The smallest absolute Gasteiger partial charge is 0.491 e. The molecule has 12 nitrogen and oxygen atoms in total. The highest BCUT2D eigenvalue weighted by atomic mass is 79.9. The van der Waals surface area contributed by atoms with Gasteiger partial charge in [-0.05, 0) is 137 Å². The van der Waals surface area contributed by atoms with E-state index in [2.05, 4.69) is 56.8 Å². The zero-order valence-corrected chi connectivity index (χ0v) is 40.6. The molecule has 0 unspecified atom stereocenters. The van der Waals surface area contributed by atoms with Gasteiger partial charge in [-0.1, -0.05) is 70.5 Å². The van der Waals surface area contributed by atoms with Gasteiger partial charge >= 0.3 is 7.12 Å². The van der Waals surface area contributed by atoms with Crippen molar-refractivity contribution in [2.45, 2.75) is 0 Å². The Morgan fingerprint density at radius 1 is 0.403 bits per heavy atom. The number of halogens is 4. The molecule has 0 aliphatic rings. The highest BCUT2D eigenvalue weighted by Crippen LogP contribution is 2.31. The van der Waals surface area contributed by atoms with Gasteiger partial charge in [-0.25, -0.2) is 13.8 Å². The van der Waals surface area contributed by atoms with E-state index in [4.69, 9.17) is 28.4 Å². The molecule has 0 aliphatic heterocycles. The number of para-hydroxylation sites is 2. The summed E-state index contributed by atoms with van der Waals surface area (Å²) in [5.41, 5.74) is 8.50. The van der Waals surface area contributed by atoms with E-state index in [1.165, 1.54) is 42.6 Å². The number of hydrogen-bond acceptors (Lipinski definition) is 12. The van der Waals surface area contributed by atoms with Crippen LogP contribution in [0.25, 0.3) is 77.5 Å². The molecule has 0 saturated carbocycles. The molecular formula is C55H38BBr2F2N5O7. The second-order valence-corrected chi connectivity index (χ2v) is 16.7. The number of aromatic hydroxyl groups is 2. The Kier molecular flexibility index (Phi) is 16.7. The maximum absolute atomic E-state index is 13.3. The van der Waals surface area contributed by atoms with Gasteiger partial charge in [0, 0.05) is 62.6 Å². The molecule has 0 radical (unpaired) electrons. The van der Waals surface area contributed by atoms with E-state index in [0.29, 0.717) is 10.2 Å². The van der Waals surface area contributed by atoms with Crippen molar-refractivity contribution in [2.75, 3.05) is 0 Å². The molecule has 0 fully saturated rings. The van der Waals surface area contributed by atoms with Crippen LogP contribution < -0.4 is 5.46 Å². The Hall–Kier alpha value is -8.35. The Labute approximate surface area is 426 Å². The van der Waals surface area contributed by atoms with Gasteiger partial charge in [0.15, 0.2) is 16.7 Å². The first kappa shape index (κ1) is 50.1. The molecule has 0 saturated heterocycles. The number of fused-ring (bicyclic) bond motifs is 9. The van der Waals surface area contributed by atoms with E-state index in [9.17, 15) is 13.9 Å². The van der Waals surface area contributed by atoms with Crippen molar-refractivity contribution in [2.24, 2.45) is 0 Å². The van der Waals surface area contributed by atoms with Crippen LogP contribution in [0.4, 0.5) is 8.78 Å². The summed E-state index contributed by atoms with van der Waals surface area (Å²) >= 11 is 6.47. The van der Waals surface area contributed by atoms with Crippen molar-refractivity contribution in [1.82, 2.24) is 24.9 Å². The monoisotopic (exact) mass is 1090 g/mol. The first-order chi connectivity index (χ1) is 35.0. The molecule has 17 heteroatoms. The number of aromatic nitrogens is 5. The van der Waals surface area contributed by atoms with Gasteiger partial charge in [0.2, 0.25) is 0 Å². The first-order valence-electron chi connectivity index (χ1n) is 21.7. The predicted molar refractivity (Wildman–Crippen MR) is 283 cm³/mol. The summed E-state index contributed by atoms with van der Waals surface area (Å²) in [5.74, 6) is -0.830. The fraction of sp³-hybridized carbons (Fsp3) is 0. The molecule has 0 bridgehead atoms. The van der Waals surface area contributed by atoms with Crippen molar-refractivity contribution >= 4 is 111 Å². The third-order valence-corrected chi connectivity index (χ3v) is 11.4. The summed E-state index contributed by atoms with van der Waals surface area (Å²) in [5, 5.41) is 38.5. The fourth-order valence-corrected chi connectivity index (χ4v) is 7.59. The standard InChI is InChI=1S/C11H6BrNO.C11H8FNO.2C11H7NO.C6H6BFO2.C5H4BrNO/c12-7-3-4-9-8(6-7)11-10(14-9)2-1-5-13-11;12-9-5-2-1-4-8(9)11-10(14)6-3-7-13-11;2*1-2-5-9-8(4-1)11-10(13-9)6-3-7-12-11;8-6-4-2-1-3-5(6)7(9)10;6-5-4(8)2-1-3-7-5/h1-6H;1-7,14H;2*1-7H;1-4,9-10H;1-3,8H. The van der Waals surface area contributed by atoms with Gasteiger partial charge < -0.3 is 33.5 Å². The van der Waals surface area contributed by atoms with Crippen LogP contribution in [0.1, 0.15) is 0 Å². The molecule has 0 atom stereocenters. The second kappa shape index (κ2) is 24.0. The lowest BCUT2D eigenvalue weighted by Gasteiger charge is -2.03. The molecule has 0 spiro atoms. The average molecular weight is 1090 g/mol. The number of benzene rings is 5. The SMILES string of the molecule is Brc1ccc2oc3cccnc3c2c1.OB(O)c1ccccc1F.Oc1cccnc1-c1ccccc1F.Oc1cccnc1Br.c1ccc2c(c1)oc1cccnc12.c1ccc2c(c1)oc1cccnc12. The van der Waals surface area contributed by atoms with Crippen LogP contribution in [0.15, 0.2) is 229 Å². The summed E-state index contributed by atoms with van der Waals surface area (Å²) in [6, 6.07) is 51.3. The minimum atomic E-state index is -1.72. The van der Waals surface area contributed by atoms with Crippen LogP contribution in [0, 0.1) is 11.6 Å². The topological polar surface area (TPSA) is 185 Å². The third kappa shape index (κ3) is 12.3. The second-order valence-electron chi connectivity index (χ2n) is 15.0. The zero-order valence-electron chi connectivity index (χ0n) is 37.5. The summed E-state index contributed by atoms with van der Waals surface area (Å²) in [6.07, 6.45) is 8.46. The number of furan rings is 3. The van der Waals surface area contributed by atoms with E-state index in [0.717, 1.165) is 70.7 Å². The van der Waals surface area contributed by atoms with E-state index < -0.39 is 12.9 Å². The van der Waals surface area contributed by atoms with E-state index in [1.54, 1.807) is 61.2 Å². The average Bonchev–Trinajstić information content (AvgIpc) is 4.10. The molecule has 13 aromatic rings. The van der Waals surface area contributed by atoms with Crippen LogP contribution in [0.5, 0.6) is 11.5 Å². The predicted octanol–water partition coefficient (Wildman–Crippen LogP) is 13.4.